The lowest BCUT2D eigenvalue weighted by Crippen LogP contribution is -2.52. The molecule has 0 amide bonds. The van der Waals surface area contributed by atoms with E-state index in [0.717, 1.165) is 12.2 Å². The minimum absolute atomic E-state index is 0.833. The van der Waals surface area contributed by atoms with Crippen LogP contribution >= 0.6 is 0 Å². The Labute approximate surface area is 110 Å². The Hall–Kier alpha value is -1.55. The van der Waals surface area contributed by atoms with Crippen molar-refractivity contribution in [3.8, 4) is 0 Å². The Kier molecular flexibility index (Phi) is 3.57. The molecule has 96 valence electrons. The van der Waals surface area contributed by atoms with Gasteiger partial charge >= 0.3 is 0 Å². The number of rotatable bonds is 4. The molecule has 0 aliphatic rings. The summed E-state index contributed by atoms with van der Waals surface area (Å²) < 4.78 is 8.21. The van der Waals surface area contributed by atoms with E-state index in [0.29, 0.717) is 0 Å². The molecule has 0 aliphatic heterocycles. The molecule has 0 aliphatic carbocycles. The molecule has 18 heavy (non-hydrogen) atoms. The molecule has 0 saturated heterocycles. The zero-order chi connectivity index (χ0) is 13.2. The van der Waals surface area contributed by atoms with Gasteiger partial charge in [0.2, 0.25) is 6.54 Å². The van der Waals surface area contributed by atoms with Gasteiger partial charge in [-0.05, 0) is 26.6 Å². The second-order valence-corrected chi connectivity index (χ2v) is 9.92. The van der Waals surface area contributed by atoms with Crippen LogP contribution in [0.1, 0.15) is 11.3 Å². The lowest BCUT2D eigenvalue weighted by atomic mass is 10.2. The van der Waals surface area contributed by atoms with Gasteiger partial charge in [-0.2, -0.15) is 0 Å². The Balaban J connectivity index is 2.24. The van der Waals surface area contributed by atoms with Crippen molar-refractivity contribution in [3.05, 3.63) is 53.9 Å². The zero-order valence-corrected chi connectivity index (χ0v) is 12.6. The molecule has 1 aromatic carbocycles. The summed E-state index contributed by atoms with van der Waals surface area (Å²) in [6.45, 7) is 9.48. The van der Waals surface area contributed by atoms with Gasteiger partial charge in [0.05, 0.1) is 0 Å². The van der Waals surface area contributed by atoms with Crippen molar-refractivity contribution in [1.29, 1.82) is 0 Å². The maximum atomic E-state index is 6.09. The highest BCUT2D eigenvalue weighted by atomic mass is 28.4. The lowest BCUT2D eigenvalue weighted by Gasteiger charge is -2.17. The first-order valence-corrected chi connectivity index (χ1v) is 9.68. The minimum Gasteiger partial charge on any atom is -0.429 e. The van der Waals surface area contributed by atoms with Crippen LogP contribution in [-0.2, 0) is 6.54 Å². The number of aromatic nitrogens is 2. The smallest absolute Gasteiger partial charge is 0.283 e. The number of benzene rings is 1. The molecule has 0 saturated carbocycles. The van der Waals surface area contributed by atoms with Crippen LogP contribution in [0.2, 0.25) is 19.6 Å². The third-order valence-corrected chi connectivity index (χ3v) is 3.29. The normalized spacial score (nSPS) is 11.6. The first kappa shape index (κ1) is 12.9. The van der Waals surface area contributed by atoms with Gasteiger partial charge in [0, 0.05) is 16.5 Å². The fraction of sp³-hybridized carbons (Fsp3) is 0.357. The molecule has 1 heterocycles. The first-order chi connectivity index (χ1) is 8.46. The Morgan fingerprint density at radius 3 is 2.39 bits per heavy atom. The molecule has 0 N–H and O–H groups in total. The topological polar surface area (TPSA) is 18.0 Å². The van der Waals surface area contributed by atoms with Crippen LogP contribution in [0.15, 0.2) is 42.6 Å². The third kappa shape index (κ3) is 3.23. The van der Waals surface area contributed by atoms with Gasteiger partial charge in [0.15, 0.2) is 6.20 Å². The number of hydrogen-bond acceptors (Lipinski definition) is 1. The molecule has 0 fully saturated rings. The van der Waals surface area contributed by atoms with Crippen molar-refractivity contribution in [3.63, 3.8) is 0 Å². The van der Waals surface area contributed by atoms with Gasteiger partial charge in [0.1, 0.15) is 5.69 Å². The van der Waals surface area contributed by atoms with E-state index in [1.165, 1.54) is 5.56 Å². The minimum atomic E-state index is -1.60. The summed E-state index contributed by atoms with van der Waals surface area (Å²) in [7, 11) is -1.60. The molecule has 0 spiro atoms. The average molecular weight is 261 g/mol. The summed E-state index contributed by atoms with van der Waals surface area (Å²) in [4.78, 5) is 1.93. The van der Waals surface area contributed by atoms with E-state index in [4.69, 9.17) is 4.53 Å². The zero-order valence-electron chi connectivity index (χ0n) is 11.6. The predicted octanol–water partition coefficient (Wildman–Crippen LogP) is 2.40. The standard InChI is InChI=1S/C14H21N2OSi/c1-13-10-11-15(16(13)17-18(2,3)4)12-14-8-6-5-7-9-14/h5-11H,12H2,1-4H3/q+1. The molecule has 2 aromatic rings. The molecular weight excluding hydrogens is 240 g/mol. The molecule has 3 nitrogen and oxygen atoms in total. The number of aryl methyl sites for hydroxylation is 1. The van der Waals surface area contributed by atoms with Crippen molar-refractivity contribution in [2.24, 2.45) is 0 Å². The van der Waals surface area contributed by atoms with E-state index in [2.05, 4.69) is 67.8 Å². The highest BCUT2D eigenvalue weighted by Crippen LogP contribution is 2.03. The second kappa shape index (κ2) is 4.98. The summed E-state index contributed by atoms with van der Waals surface area (Å²) in [5.41, 5.74) is 2.41. The Bertz CT molecular complexity index is 514. The van der Waals surface area contributed by atoms with Crippen molar-refractivity contribution < 1.29 is 9.21 Å². The van der Waals surface area contributed by atoms with E-state index >= 15 is 0 Å². The van der Waals surface area contributed by atoms with E-state index in [9.17, 15) is 0 Å². The Morgan fingerprint density at radius 1 is 1.11 bits per heavy atom. The first-order valence-electron chi connectivity index (χ1n) is 6.27. The van der Waals surface area contributed by atoms with Crippen LogP contribution in [0.4, 0.5) is 0 Å². The number of hydrogen-bond donors (Lipinski definition) is 0. The third-order valence-electron chi connectivity index (χ3n) is 2.57. The van der Waals surface area contributed by atoms with Crippen molar-refractivity contribution in [1.82, 2.24) is 4.85 Å². The maximum Gasteiger partial charge on any atom is 0.283 e. The van der Waals surface area contributed by atoms with Gasteiger partial charge in [-0.3, -0.25) is 0 Å². The average Bonchev–Trinajstić information content (AvgIpc) is 2.61. The summed E-state index contributed by atoms with van der Waals surface area (Å²) in [5.74, 6) is 0. The fourth-order valence-electron chi connectivity index (χ4n) is 1.79. The Morgan fingerprint density at radius 2 is 1.78 bits per heavy atom. The summed E-state index contributed by atoms with van der Waals surface area (Å²) in [5, 5.41) is 0. The number of nitrogens with zero attached hydrogens (tertiary/aromatic N) is 2. The van der Waals surface area contributed by atoms with Crippen LogP contribution in [-0.4, -0.2) is 13.2 Å². The van der Waals surface area contributed by atoms with Crippen LogP contribution in [0.25, 0.3) is 0 Å². The summed E-state index contributed by atoms with van der Waals surface area (Å²) in [6.07, 6.45) is 2.07. The lowest BCUT2D eigenvalue weighted by molar-refractivity contribution is -0.788. The molecule has 4 heteroatoms. The molecule has 1 aromatic heterocycles. The molecular formula is C14H21N2OSi+. The van der Waals surface area contributed by atoms with Gasteiger partial charge < -0.3 is 4.53 Å². The monoisotopic (exact) mass is 261 g/mol. The van der Waals surface area contributed by atoms with Gasteiger partial charge in [-0.25, -0.2) is 0 Å². The van der Waals surface area contributed by atoms with Crippen LogP contribution in [0, 0.1) is 6.92 Å². The van der Waals surface area contributed by atoms with Crippen LogP contribution in [0.3, 0.4) is 0 Å². The molecule has 0 radical (unpaired) electrons. The predicted molar refractivity (Wildman–Crippen MR) is 74.8 cm³/mol. The summed E-state index contributed by atoms with van der Waals surface area (Å²) in [6, 6.07) is 12.5. The molecule has 2 rings (SSSR count). The molecule has 0 bridgehead atoms. The molecule has 0 unspecified atom stereocenters. The van der Waals surface area contributed by atoms with Gasteiger partial charge in [-0.1, -0.05) is 35.0 Å². The van der Waals surface area contributed by atoms with E-state index in [1.807, 2.05) is 10.9 Å². The summed E-state index contributed by atoms with van der Waals surface area (Å²) >= 11 is 0. The van der Waals surface area contributed by atoms with Crippen molar-refractivity contribution in [2.45, 2.75) is 33.1 Å². The highest BCUT2D eigenvalue weighted by Gasteiger charge is 2.23. The van der Waals surface area contributed by atoms with Crippen LogP contribution in [0.5, 0.6) is 0 Å². The SMILES string of the molecule is Cc1cc[n+](Cc2ccccc2)n1O[Si](C)(C)C. The van der Waals surface area contributed by atoms with E-state index in [-0.39, 0.29) is 0 Å². The quantitative estimate of drug-likeness (QED) is 0.610. The van der Waals surface area contributed by atoms with Gasteiger partial charge in [-0.15, -0.1) is 0 Å². The highest BCUT2D eigenvalue weighted by molar-refractivity contribution is 6.69. The van der Waals surface area contributed by atoms with E-state index in [1.54, 1.807) is 0 Å². The van der Waals surface area contributed by atoms with Crippen molar-refractivity contribution in [2.75, 3.05) is 0 Å². The molecule has 0 atom stereocenters. The van der Waals surface area contributed by atoms with Gasteiger partial charge in [0.25, 0.3) is 8.32 Å². The fourth-order valence-corrected chi connectivity index (χ4v) is 2.56. The maximum absolute atomic E-state index is 6.09. The largest absolute Gasteiger partial charge is 0.429 e. The van der Waals surface area contributed by atoms with Crippen molar-refractivity contribution >= 4 is 8.32 Å². The second-order valence-electron chi connectivity index (χ2n) is 5.52. The van der Waals surface area contributed by atoms with Crippen LogP contribution < -0.4 is 9.21 Å². The van der Waals surface area contributed by atoms with E-state index < -0.39 is 8.32 Å².